The fraction of sp³-hybridized carbons (Fsp3) is 0. The fourth-order valence-corrected chi connectivity index (χ4v) is 2.21. The van der Waals surface area contributed by atoms with Crippen molar-refractivity contribution in [3.05, 3.63) is 42.7 Å². The van der Waals surface area contributed by atoms with Crippen LogP contribution in [0.25, 0.3) is 27.3 Å². The van der Waals surface area contributed by atoms with Gasteiger partial charge in [-0.05, 0) is 27.9 Å². The lowest BCUT2D eigenvalue weighted by Crippen LogP contribution is -1.93. The lowest BCUT2D eigenvalue weighted by atomic mass is 10.1. The molecule has 0 saturated heterocycles. The molecule has 0 amide bonds. The Labute approximate surface area is 95.7 Å². The number of para-hydroxylation sites is 1. The molecule has 0 fully saturated rings. The molecule has 0 aliphatic carbocycles. The van der Waals surface area contributed by atoms with Crippen molar-refractivity contribution in [1.82, 2.24) is 25.0 Å². The minimum Gasteiger partial charge on any atom is -0.264 e. The zero-order valence-corrected chi connectivity index (χ0v) is 8.78. The van der Waals surface area contributed by atoms with Crippen molar-refractivity contribution in [2.75, 3.05) is 0 Å². The first-order valence-electron chi connectivity index (χ1n) is 5.28. The summed E-state index contributed by atoms with van der Waals surface area (Å²) < 4.78 is 1.75. The lowest BCUT2D eigenvalue weighted by molar-refractivity contribution is 0.842. The van der Waals surface area contributed by atoms with Crippen LogP contribution in [0.2, 0.25) is 0 Å². The van der Waals surface area contributed by atoms with Crippen LogP contribution < -0.4 is 0 Å². The van der Waals surface area contributed by atoms with Gasteiger partial charge < -0.3 is 0 Å². The van der Waals surface area contributed by atoms with E-state index in [1.54, 1.807) is 16.9 Å². The van der Waals surface area contributed by atoms with Crippen LogP contribution in [0.5, 0.6) is 0 Å². The number of rotatable bonds is 0. The summed E-state index contributed by atoms with van der Waals surface area (Å²) in [5.41, 5.74) is 1.75. The topological polar surface area (TPSA) is 56.0 Å². The van der Waals surface area contributed by atoms with E-state index in [1.807, 2.05) is 24.3 Å². The van der Waals surface area contributed by atoms with Crippen LogP contribution in [0.1, 0.15) is 0 Å². The smallest absolute Gasteiger partial charge is 0.189 e. The summed E-state index contributed by atoms with van der Waals surface area (Å²) in [7, 11) is 0. The Bertz CT molecular complexity index is 779. The van der Waals surface area contributed by atoms with Crippen LogP contribution in [0.15, 0.2) is 42.7 Å². The zero-order valence-electron chi connectivity index (χ0n) is 8.78. The highest BCUT2D eigenvalue weighted by atomic mass is 15.5. The van der Waals surface area contributed by atoms with Gasteiger partial charge in [-0.3, -0.25) is 4.98 Å². The van der Waals surface area contributed by atoms with Gasteiger partial charge in [0.2, 0.25) is 0 Å². The number of benzene rings is 1. The molecule has 0 aliphatic rings. The van der Waals surface area contributed by atoms with Crippen LogP contribution in [-0.4, -0.2) is 25.0 Å². The molecule has 1 aromatic carbocycles. The van der Waals surface area contributed by atoms with Gasteiger partial charge in [0.1, 0.15) is 0 Å². The fourth-order valence-electron chi connectivity index (χ4n) is 2.21. The summed E-state index contributed by atoms with van der Waals surface area (Å²) in [5, 5.41) is 15.0. The Morgan fingerprint density at radius 3 is 2.88 bits per heavy atom. The highest BCUT2D eigenvalue weighted by Gasteiger charge is 2.09. The van der Waals surface area contributed by atoms with E-state index in [4.69, 9.17) is 0 Å². The molecule has 4 rings (SSSR count). The molecule has 80 valence electrons. The van der Waals surface area contributed by atoms with Crippen molar-refractivity contribution in [3.63, 3.8) is 0 Å². The SMILES string of the molecule is c1ccc2c(c1)c1ccncc1c1nnnn21. The second-order valence-corrected chi connectivity index (χ2v) is 3.85. The third kappa shape index (κ3) is 1.02. The Morgan fingerprint density at radius 1 is 0.941 bits per heavy atom. The largest absolute Gasteiger partial charge is 0.264 e. The van der Waals surface area contributed by atoms with Gasteiger partial charge in [-0.15, -0.1) is 5.10 Å². The van der Waals surface area contributed by atoms with E-state index in [0.29, 0.717) is 0 Å². The molecule has 0 N–H and O–H groups in total. The first-order valence-corrected chi connectivity index (χ1v) is 5.28. The molecule has 3 aromatic heterocycles. The van der Waals surface area contributed by atoms with Crippen LogP contribution in [-0.2, 0) is 0 Å². The van der Waals surface area contributed by atoms with Gasteiger partial charge in [-0.2, -0.15) is 4.52 Å². The maximum absolute atomic E-state index is 4.14. The summed E-state index contributed by atoms with van der Waals surface area (Å²) >= 11 is 0. The van der Waals surface area contributed by atoms with E-state index in [2.05, 4.69) is 26.6 Å². The van der Waals surface area contributed by atoms with Crippen LogP contribution in [0.3, 0.4) is 0 Å². The van der Waals surface area contributed by atoms with Gasteiger partial charge in [0.05, 0.1) is 5.52 Å². The normalized spacial score (nSPS) is 11.5. The third-order valence-corrected chi connectivity index (χ3v) is 2.95. The Kier molecular flexibility index (Phi) is 1.50. The molecule has 0 atom stereocenters. The Hall–Kier alpha value is -2.56. The van der Waals surface area contributed by atoms with Gasteiger partial charge in [-0.25, -0.2) is 0 Å². The lowest BCUT2D eigenvalue weighted by Gasteiger charge is -2.04. The van der Waals surface area contributed by atoms with Crippen molar-refractivity contribution >= 4 is 27.3 Å². The molecule has 0 saturated carbocycles. The van der Waals surface area contributed by atoms with Crippen molar-refractivity contribution in [1.29, 1.82) is 0 Å². The second-order valence-electron chi connectivity index (χ2n) is 3.85. The van der Waals surface area contributed by atoms with Crippen LogP contribution in [0.4, 0.5) is 0 Å². The molecule has 5 nitrogen and oxygen atoms in total. The minimum absolute atomic E-state index is 0.742. The van der Waals surface area contributed by atoms with Crippen LogP contribution in [0, 0.1) is 0 Å². The minimum atomic E-state index is 0.742. The summed E-state index contributed by atoms with van der Waals surface area (Å²) in [6, 6.07) is 10.1. The monoisotopic (exact) mass is 221 g/mol. The van der Waals surface area contributed by atoms with Gasteiger partial charge in [0.15, 0.2) is 5.65 Å². The van der Waals surface area contributed by atoms with E-state index in [1.165, 1.54) is 0 Å². The number of nitrogens with zero attached hydrogens (tertiary/aromatic N) is 5. The predicted molar refractivity (Wildman–Crippen MR) is 63.6 cm³/mol. The van der Waals surface area contributed by atoms with Gasteiger partial charge in [0, 0.05) is 23.2 Å². The maximum Gasteiger partial charge on any atom is 0.189 e. The molecule has 4 aromatic rings. The van der Waals surface area contributed by atoms with Crippen molar-refractivity contribution in [2.45, 2.75) is 0 Å². The number of hydrogen-bond acceptors (Lipinski definition) is 4. The predicted octanol–water partition coefficient (Wildman–Crippen LogP) is 1.83. The number of fused-ring (bicyclic) bond motifs is 6. The maximum atomic E-state index is 4.14. The summed E-state index contributed by atoms with van der Waals surface area (Å²) in [4.78, 5) is 4.14. The Balaban J connectivity index is 2.48. The average Bonchev–Trinajstić information content (AvgIpc) is 2.89. The third-order valence-electron chi connectivity index (χ3n) is 2.95. The molecule has 5 heteroatoms. The molecule has 0 unspecified atom stereocenters. The van der Waals surface area contributed by atoms with Gasteiger partial charge in [0.25, 0.3) is 0 Å². The second kappa shape index (κ2) is 2.98. The van der Waals surface area contributed by atoms with E-state index in [9.17, 15) is 0 Å². The first kappa shape index (κ1) is 8.58. The summed E-state index contributed by atoms with van der Waals surface area (Å²) in [6.45, 7) is 0. The van der Waals surface area contributed by atoms with Gasteiger partial charge >= 0.3 is 0 Å². The van der Waals surface area contributed by atoms with Crippen molar-refractivity contribution in [2.24, 2.45) is 0 Å². The molecular formula is C12H7N5. The highest BCUT2D eigenvalue weighted by molar-refractivity contribution is 6.10. The molecule has 17 heavy (non-hydrogen) atoms. The van der Waals surface area contributed by atoms with Gasteiger partial charge in [-0.1, -0.05) is 18.2 Å². The number of tetrazole rings is 1. The zero-order chi connectivity index (χ0) is 11.2. The summed E-state index contributed by atoms with van der Waals surface area (Å²) in [6.07, 6.45) is 3.59. The van der Waals surface area contributed by atoms with Crippen molar-refractivity contribution in [3.8, 4) is 0 Å². The molecule has 3 heterocycles. The molecule has 0 aliphatic heterocycles. The van der Waals surface area contributed by atoms with Crippen LogP contribution >= 0.6 is 0 Å². The molecule has 0 spiro atoms. The van der Waals surface area contributed by atoms with E-state index >= 15 is 0 Å². The molecule has 0 bridgehead atoms. The van der Waals surface area contributed by atoms with E-state index in [0.717, 1.165) is 27.3 Å². The quantitative estimate of drug-likeness (QED) is 0.425. The number of hydrogen-bond donors (Lipinski definition) is 0. The molecular weight excluding hydrogens is 214 g/mol. The Morgan fingerprint density at radius 2 is 1.88 bits per heavy atom. The average molecular weight is 221 g/mol. The standard InChI is InChI=1S/C12H7N5/c1-2-4-11-9(3-1)8-5-6-13-7-10(8)12-14-15-16-17(11)12/h1-7H. The molecule has 0 radical (unpaired) electrons. The van der Waals surface area contributed by atoms with E-state index < -0.39 is 0 Å². The summed E-state index contributed by atoms with van der Waals surface area (Å²) in [5.74, 6) is 0. The number of aromatic nitrogens is 5. The van der Waals surface area contributed by atoms with E-state index in [-0.39, 0.29) is 0 Å². The van der Waals surface area contributed by atoms with Crippen molar-refractivity contribution < 1.29 is 0 Å². The highest BCUT2D eigenvalue weighted by Crippen LogP contribution is 2.26. The number of pyridine rings is 2. The first-order chi connectivity index (χ1) is 8.45.